The summed E-state index contributed by atoms with van der Waals surface area (Å²) < 4.78 is 5.86. The van der Waals surface area contributed by atoms with Crippen LogP contribution in [0.1, 0.15) is 32.6 Å². The molecule has 1 heterocycles. The molecule has 0 amide bonds. The number of likely N-dealkylation sites (N-methyl/N-ethyl adjacent to an activating group) is 1. The van der Waals surface area contributed by atoms with Gasteiger partial charge in [-0.2, -0.15) is 0 Å². The summed E-state index contributed by atoms with van der Waals surface area (Å²) in [4.78, 5) is 2.50. The molecular weight excluding hydrogens is 150 g/mol. The molecule has 12 heavy (non-hydrogen) atoms. The van der Waals surface area contributed by atoms with Crippen molar-refractivity contribution in [2.45, 2.75) is 44.2 Å². The van der Waals surface area contributed by atoms with Gasteiger partial charge in [0.05, 0.1) is 6.10 Å². The largest absolute Gasteiger partial charge is 0.376 e. The average Bonchev–Trinajstić information content (AvgIpc) is 2.37. The number of nitrogens with zero attached hydrogens (tertiary/aromatic N) is 1. The van der Waals surface area contributed by atoms with Crippen LogP contribution in [0, 0.1) is 0 Å². The van der Waals surface area contributed by atoms with E-state index in [4.69, 9.17) is 4.74 Å². The lowest BCUT2D eigenvalue weighted by Crippen LogP contribution is -2.48. The quantitative estimate of drug-likeness (QED) is 0.546. The summed E-state index contributed by atoms with van der Waals surface area (Å²) in [7, 11) is 2.24. The Bertz CT molecular complexity index is 171. The summed E-state index contributed by atoms with van der Waals surface area (Å²) in [5, 5.41) is 0. The number of ether oxygens (including phenoxy) is 1. The molecule has 0 N–H and O–H groups in total. The van der Waals surface area contributed by atoms with Crippen molar-refractivity contribution >= 4 is 0 Å². The van der Waals surface area contributed by atoms with E-state index in [1.165, 1.54) is 32.2 Å². The predicted octanol–water partition coefficient (Wildman–Crippen LogP) is 1.65. The molecule has 1 aliphatic heterocycles. The Labute approximate surface area is 74.9 Å². The van der Waals surface area contributed by atoms with Crippen molar-refractivity contribution in [3.63, 3.8) is 0 Å². The Morgan fingerprint density at radius 1 is 1.42 bits per heavy atom. The van der Waals surface area contributed by atoms with Gasteiger partial charge in [-0.3, -0.25) is 4.90 Å². The van der Waals surface area contributed by atoms with Crippen LogP contribution in [0.5, 0.6) is 0 Å². The Morgan fingerprint density at radius 2 is 2.25 bits per heavy atom. The zero-order valence-corrected chi connectivity index (χ0v) is 8.18. The van der Waals surface area contributed by atoms with Gasteiger partial charge in [-0.1, -0.05) is 0 Å². The fraction of sp³-hybridized carbons (Fsp3) is 1.00. The number of fused-ring (bicyclic) bond motifs is 1. The van der Waals surface area contributed by atoms with Crippen molar-refractivity contribution < 1.29 is 4.74 Å². The molecule has 0 aromatic heterocycles. The summed E-state index contributed by atoms with van der Waals surface area (Å²) >= 11 is 0. The molecule has 0 radical (unpaired) electrons. The van der Waals surface area contributed by atoms with Crippen LogP contribution in [0.4, 0.5) is 0 Å². The highest BCUT2D eigenvalue weighted by Crippen LogP contribution is 2.37. The van der Waals surface area contributed by atoms with E-state index in [0.717, 1.165) is 6.61 Å². The van der Waals surface area contributed by atoms with E-state index < -0.39 is 0 Å². The first kappa shape index (κ1) is 8.52. The lowest BCUT2D eigenvalue weighted by molar-refractivity contribution is -0.00791. The smallest absolute Gasteiger partial charge is 0.0755 e. The molecule has 0 bridgehead atoms. The van der Waals surface area contributed by atoms with Crippen LogP contribution in [-0.4, -0.2) is 36.7 Å². The van der Waals surface area contributed by atoms with Crippen molar-refractivity contribution in [1.82, 2.24) is 4.90 Å². The normalized spacial score (nSPS) is 44.0. The van der Waals surface area contributed by atoms with E-state index in [-0.39, 0.29) is 0 Å². The van der Waals surface area contributed by atoms with Gasteiger partial charge < -0.3 is 4.74 Å². The minimum absolute atomic E-state index is 0.344. The third-order valence-corrected chi connectivity index (χ3v) is 3.67. The molecule has 1 aliphatic carbocycles. The summed E-state index contributed by atoms with van der Waals surface area (Å²) in [6.45, 7) is 4.52. The van der Waals surface area contributed by atoms with E-state index >= 15 is 0 Å². The Morgan fingerprint density at radius 3 is 3.08 bits per heavy atom. The SMILES string of the molecule is CN1CCCO[C@@H]2CCC[C@@]21C. The Hall–Kier alpha value is -0.0800. The fourth-order valence-electron chi connectivity index (χ4n) is 2.60. The Balaban J connectivity index is 2.17. The predicted molar refractivity (Wildman–Crippen MR) is 49.2 cm³/mol. The van der Waals surface area contributed by atoms with E-state index in [1.54, 1.807) is 0 Å². The third kappa shape index (κ3) is 1.17. The summed E-state index contributed by atoms with van der Waals surface area (Å²) in [5.41, 5.74) is 0.344. The topological polar surface area (TPSA) is 12.5 Å². The molecule has 2 rings (SSSR count). The highest BCUT2D eigenvalue weighted by atomic mass is 16.5. The summed E-state index contributed by atoms with van der Waals surface area (Å²) in [6, 6.07) is 0. The molecule has 0 aromatic rings. The highest BCUT2D eigenvalue weighted by Gasteiger charge is 2.43. The van der Waals surface area contributed by atoms with Crippen LogP contribution in [0.3, 0.4) is 0 Å². The molecule has 0 spiro atoms. The first-order valence-corrected chi connectivity index (χ1v) is 5.06. The maximum atomic E-state index is 5.86. The first-order chi connectivity index (χ1) is 5.73. The average molecular weight is 169 g/mol. The van der Waals surface area contributed by atoms with Gasteiger partial charge in [-0.15, -0.1) is 0 Å². The van der Waals surface area contributed by atoms with E-state index in [0.29, 0.717) is 11.6 Å². The molecule has 2 aliphatic rings. The van der Waals surface area contributed by atoms with E-state index in [1.807, 2.05) is 0 Å². The van der Waals surface area contributed by atoms with Crippen LogP contribution >= 0.6 is 0 Å². The lowest BCUT2D eigenvalue weighted by atomic mass is 9.96. The molecule has 0 unspecified atom stereocenters. The minimum Gasteiger partial charge on any atom is -0.376 e. The van der Waals surface area contributed by atoms with Gasteiger partial charge in [-0.25, -0.2) is 0 Å². The second-order valence-electron chi connectivity index (χ2n) is 4.38. The second-order valence-corrected chi connectivity index (χ2v) is 4.38. The first-order valence-electron chi connectivity index (χ1n) is 5.06. The van der Waals surface area contributed by atoms with Crippen molar-refractivity contribution in [2.24, 2.45) is 0 Å². The number of hydrogen-bond donors (Lipinski definition) is 0. The van der Waals surface area contributed by atoms with E-state index in [9.17, 15) is 0 Å². The molecule has 1 saturated carbocycles. The zero-order chi connectivity index (χ0) is 8.60. The van der Waals surface area contributed by atoms with Crippen LogP contribution in [0.25, 0.3) is 0 Å². The minimum atomic E-state index is 0.344. The second kappa shape index (κ2) is 3.00. The van der Waals surface area contributed by atoms with Gasteiger partial charge in [0, 0.05) is 18.7 Å². The fourth-order valence-corrected chi connectivity index (χ4v) is 2.60. The van der Waals surface area contributed by atoms with Crippen molar-refractivity contribution in [3.8, 4) is 0 Å². The van der Waals surface area contributed by atoms with Gasteiger partial charge in [0.15, 0.2) is 0 Å². The van der Waals surface area contributed by atoms with Crippen molar-refractivity contribution in [3.05, 3.63) is 0 Å². The van der Waals surface area contributed by atoms with Crippen LogP contribution in [0.15, 0.2) is 0 Å². The molecule has 2 nitrogen and oxygen atoms in total. The monoisotopic (exact) mass is 169 g/mol. The van der Waals surface area contributed by atoms with Gasteiger partial charge >= 0.3 is 0 Å². The molecule has 70 valence electrons. The maximum absolute atomic E-state index is 5.86. The molecular formula is C10H19NO. The zero-order valence-electron chi connectivity index (χ0n) is 8.18. The number of rotatable bonds is 0. The highest BCUT2D eigenvalue weighted by molar-refractivity contribution is 4.98. The van der Waals surface area contributed by atoms with Crippen LogP contribution in [-0.2, 0) is 4.74 Å². The standard InChI is InChI=1S/C10H19NO/c1-10-6-3-5-9(10)12-8-4-7-11(10)2/h9H,3-8H2,1-2H3/t9-,10+/m1/s1. The third-order valence-electron chi connectivity index (χ3n) is 3.67. The molecule has 2 fully saturated rings. The summed E-state index contributed by atoms with van der Waals surface area (Å²) in [6.07, 6.45) is 5.62. The van der Waals surface area contributed by atoms with Crippen LogP contribution in [0.2, 0.25) is 0 Å². The van der Waals surface area contributed by atoms with Gasteiger partial charge in [0.1, 0.15) is 0 Å². The van der Waals surface area contributed by atoms with E-state index in [2.05, 4.69) is 18.9 Å². The van der Waals surface area contributed by atoms with Gasteiger partial charge in [0.25, 0.3) is 0 Å². The van der Waals surface area contributed by atoms with Gasteiger partial charge in [0.2, 0.25) is 0 Å². The van der Waals surface area contributed by atoms with Crippen LogP contribution < -0.4 is 0 Å². The Kier molecular flexibility index (Phi) is 2.13. The van der Waals surface area contributed by atoms with Crippen molar-refractivity contribution in [1.29, 1.82) is 0 Å². The van der Waals surface area contributed by atoms with Crippen molar-refractivity contribution in [2.75, 3.05) is 20.2 Å². The van der Waals surface area contributed by atoms with Gasteiger partial charge in [-0.05, 0) is 39.7 Å². The molecule has 2 atom stereocenters. The summed E-state index contributed by atoms with van der Waals surface area (Å²) in [5.74, 6) is 0. The molecule has 1 saturated heterocycles. The molecule has 2 heteroatoms. The number of hydrogen-bond acceptors (Lipinski definition) is 2. The lowest BCUT2D eigenvalue weighted by Gasteiger charge is -2.37. The molecule has 0 aromatic carbocycles. The maximum Gasteiger partial charge on any atom is 0.0755 e.